The summed E-state index contributed by atoms with van der Waals surface area (Å²) < 4.78 is 31.7. The Labute approximate surface area is 145 Å². The van der Waals surface area contributed by atoms with E-state index in [4.69, 9.17) is 4.74 Å². The minimum atomic E-state index is -0.913. The number of halogens is 3. The number of carbonyl (C=O) groups is 2. The molecule has 0 aliphatic heterocycles. The molecule has 0 saturated carbocycles. The minimum Gasteiger partial charge on any atom is -0.452 e. The van der Waals surface area contributed by atoms with Gasteiger partial charge in [-0.25, -0.2) is 13.6 Å². The van der Waals surface area contributed by atoms with E-state index >= 15 is 0 Å². The summed E-state index contributed by atoms with van der Waals surface area (Å²) in [6.07, 6.45) is 2.70. The summed E-state index contributed by atoms with van der Waals surface area (Å²) in [5.41, 5.74) is 0.577. The lowest BCUT2D eigenvalue weighted by Crippen LogP contribution is -2.20. The zero-order valence-corrected chi connectivity index (χ0v) is 13.8. The lowest BCUT2D eigenvalue weighted by atomic mass is 10.2. The highest BCUT2D eigenvalue weighted by Crippen LogP contribution is 2.17. The molecule has 0 bridgehead atoms. The molecule has 1 N–H and O–H groups in total. The summed E-state index contributed by atoms with van der Waals surface area (Å²) in [5, 5.41) is 2.19. The zero-order valence-electron chi connectivity index (χ0n) is 12.3. The van der Waals surface area contributed by atoms with Crippen molar-refractivity contribution >= 4 is 39.6 Å². The van der Waals surface area contributed by atoms with Crippen LogP contribution in [0.5, 0.6) is 0 Å². The van der Waals surface area contributed by atoms with Gasteiger partial charge in [-0.15, -0.1) is 0 Å². The van der Waals surface area contributed by atoms with Gasteiger partial charge < -0.3 is 10.1 Å². The third kappa shape index (κ3) is 5.27. The number of nitrogens with one attached hydrogen (secondary N) is 1. The maximum atomic E-state index is 13.4. The summed E-state index contributed by atoms with van der Waals surface area (Å²) in [6.45, 7) is -0.587. The monoisotopic (exact) mass is 395 g/mol. The van der Waals surface area contributed by atoms with Crippen molar-refractivity contribution in [1.82, 2.24) is 0 Å². The van der Waals surface area contributed by atoms with Crippen molar-refractivity contribution in [2.45, 2.75) is 0 Å². The third-order valence-electron chi connectivity index (χ3n) is 2.85. The second-order valence-corrected chi connectivity index (χ2v) is 5.49. The molecule has 0 aromatic heterocycles. The van der Waals surface area contributed by atoms with Crippen molar-refractivity contribution in [2.24, 2.45) is 0 Å². The van der Waals surface area contributed by atoms with Gasteiger partial charge in [-0.3, -0.25) is 4.79 Å². The topological polar surface area (TPSA) is 55.4 Å². The Hall–Kier alpha value is -2.54. The molecule has 0 aliphatic rings. The highest BCUT2D eigenvalue weighted by atomic mass is 79.9. The molecule has 4 nitrogen and oxygen atoms in total. The molecule has 0 unspecified atom stereocenters. The summed E-state index contributed by atoms with van der Waals surface area (Å²) >= 11 is 3.33. The zero-order chi connectivity index (χ0) is 17.5. The molecular formula is C17H12BrF2NO3. The summed E-state index contributed by atoms with van der Waals surface area (Å²) in [5.74, 6) is -3.12. The van der Waals surface area contributed by atoms with E-state index in [9.17, 15) is 18.4 Å². The molecular weight excluding hydrogens is 384 g/mol. The summed E-state index contributed by atoms with van der Waals surface area (Å²) in [6, 6.07) is 9.97. The highest BCUT2D eigenvalue weighted by Gasteiger charge is 2.09. The van der Waals surface area contributed by atoms with Gasteiger partial charge in [0.25, 0.3) is 5.91 Å². The van der Waals surface area contributed by atoms with Gasteiger partial charge in [0.1, 0.15) is 11.6 Å². The second-order valence-electron chi connectivity index (χ2n) is 4.63. The number of hydrogen-bond donors (Lipinski definition) is 1. The van der Waals surface area contributed by atoms with Crippen LogP contribution in [0.4, 0.5) is 14.5 Å². The molecule has 2 aromatic carbocycles. The van der Waals surface area contributed by atoms with Crippen molar-refractivity contribution < 1.29 is 23.1 Å². The predicted molar refractivity (Wildman–Crippen MR) is 89.1 cm³/mol. The van der Waals surface area contributed by atoms with Crippen LogP contribution >= 0.6 is 15.9 Å². The maximum Gasteiger partial charge on any atom is 0.331 e. The van der Waals surface area contributed by atoms with Crippen LogP contribution < -0.4 is 5.32 Å². The summed E-state index contributed by atoms with van der Waals surface area (Å²) in [4.78, 5) is 23.2. The number of benzene rings is 2. The van der Waals surface area contributed by atoms with E-state index in [0.29, 0.717) is 6.07 Å². The van der Waals surface area contributed by atoms with E-state index in [1.165, 1.54) is 12.2 Å². The standard InChI is InChI=1S/C17H12BrF2NO3/c18-13-4-2-1-3-11(13)5-8-17(23)24-10-16(22)21-15-7-6-12(19)9-14(15)20/h1-9H,10H2,(H,21,22)/b8-5+. The minimum absolute atomic E-state index is 0.193. The average molecular weight is 396 g/mol. The largest absolute Gasteiger partial charge is 0.452 e. The third-order valence-corrected chi connectivity index (χ3v) is 3.58. The number of esters is 1. The highest BCUT2D eigenvalue weighted by molar-refractivity contribution is 9.10. The molecule has 0 heterocycles. The van der Waals surface area contributed by atoms with Gasteiger partial charge in [0, 0.05) is 16.6 Å². The van der Waals surface area contributed by atoms with Crippen LogP contribution in [0.1, 0.15) is 5.56 Å². The predicted octanol–water partition coefficient (Wildman–Crippen LogP) is 3.92. The van der Waals surface area contributed by atoms with Crippen molar-refractivity contribution in [1.29, 1.82) is 0 Å². The average Bonchev–Trinajstić information content (AvgIpc) is 2.55. The van der Waals surface area contributed by atoms with Crippen molar-refractivity contribution in [3.63, 3.8) is 0 Å². The fourth-order valence-corrected chi connectivity index (χ4v) is 2.15. The lowest BCUT2D eigenvalue weighted by Gasteiger charge is -2.06. The van der Waals surface area contributed by atoms with Gasteiger partial charge >= 0.3 is 5.97 Å². The van der Waals surface area contributed by atoms with Gasteiger partial charge in [0.2, 0.25) is 0 Å². The summed E-state index contributed by atoms with van der Waals surface area (Å²) in [7, 11) is 0. The SMILES string of the molecule is O=C(COC(=O)/C=C/c1ccccc1Br)Nc1ccc(F)cc1F. The maximum absolute atomic E-state index is 13.4. The second kappa shape index (κ2) is 8.35. The van der Waals surface area contributed by atoms with Crippen molar-refractivity contribution in [3.05, 3.63) is 70.2 Å². The van der Waals surface area contributed by atoms with Crippen LogP contribution in [0.15, 0.2) is 53.0 Å². The number of amides is 1. The van der Waals surface area contributed by atoms with Gasteiger partial charge in [-0.05, 0) is 29.8 Å². The van der Waals surface area contributed by atoms with E-state index in [0.717, 1.165) is 22.2 Å². The van der Waals surface area contributed by atoms with Gasteiger partial charge in [0.05, 0.1) is 5.69 Å². The molecule has 0 spiro atoms. The Kier molecular flexibility index (Phi) is 6.20. The molecule has 2 rings (SSSR count). The number of rotatable bonds is 5. The molecule has 0 fully saturated rings. The molecule has 0 radical (unpaired) electrons. The van der Waals surface area contributed by atoms with Crippen molar-refractivity contribution in [3.8, 4) is 0 Å². The molecule has 0 aliphatic carbocycles. The van der Waals surface area contributed by atoms with E-state index in [2.05, 4.69) is 21.2 Å². The molecule has 7 heteroatoms. The van der Waals surface area contributed by atoms with Crippen LogP contribution in [-0.2, 0) is 14.3 Å². The van der Waals surface area contributed by atoms with Gasteiger partial charge in [0.15, 0.2) is 6.61 Å². The molecule has 124 valence electrons. The van der Waals surface area contributed by atoms with E-state index in [-0.39, 0.29) is 5.69 Å². The van der Waals surface area contributed by atoms with Crippen molar-refractivity contribution in [2.75, 3.05) is 11.9 Å². The van der Waals surface area contributed by atoms with Gasteiger partial charge in [-0.2, -0.15) is 0 Å². The molecule has 24 heavy (non-hydrogen) atoms. The van der Waals surface area contributed by atoms with Crippen LogP contribution in [0.2, 0.25) is 0 Å². The fourth-order valence-electron chi connectivity index (χ4n) is 1.73. The van der Waals surface area contributed by atoms with Crippen LogP contribution in [0.25, 0.3) is 6.08 Å². The smallest absolute Gasteiger partial charge is 0.331 e. The number of hydrogen-bond acceptors (Lipinski definition) is 3. The Morgan fingerprint density at radius 3 is 2.62 bits per heavy atom. The van der Waals surface area contributed by atoms with E-state index in [1.54, 1.807) is 12.1 Å². The Morgan fingerprint density at radius 1 is 1.17 bits per heavy atom. The Morgan fingerprint density at radius 2 is 1.92 bits per heavy atom. The fraction of sp³-hybridized carbons (Fsp3) is 0.0588. The normalized spacial score (nSPS) is 10.6. The Balaban J connectivity index is 1.85. The molecule has 1 amide bonds. The first-order chi connectivity index (χ1) is 11.5. The number of ether oxygens (including phenoxy) is 1. The first kappa shape index (κ1) is 17.8. The Bertz CT molecular complexity index is 793. The first-order valence-corrected chi connectivity index (χ1v) is 7.59. The van der Waals surface area contributed by atoms with Crippen LogP contribution in [0, 0.1) is 11.6 Å². The number of anilines is 1. The van der Waals surface area contributed by atoms with E-state index in [1.807, 2.05) is 12.1 Å². The van der Waals surface area contributed by atoms with Crippen LogP contribution in [-0.4, -0.2) is 18.5 Å². The quantitative estimate of drug-likeness (QED) is 0.616. The molecule has 0 atom stereocenters. The van der Waals surface area contributed by atoms with Gasteiger partial charge in [-0.1, -0.05) is 34.1 Å². The van der Waals surface area contributed by atoms with Crippen LogP contribution in [0.3, 0.4) is 0 Å². The van der Waals surface area contributed by atoms with E-state index < -0.39 is 30.1 Å². The first-order valence-electron chi connectivity index (χ1n) is 6.80. The molecule has 2 aromatic rings. The lowest BCUT2D eigenvalue weighted by molar-refractivity contribution is -0.142. The number of carbonyl (C=O) groups excluding carboxylic acids is 2. The molecule has 0 saturated heterocycles.